The lowest BCUT2D eigenvalue weighted by Crippen LogP contribution is -2.54. The van der Waals surface area contributed by atoms with Gasteiger partial charge in [0.1, 0.15) is 0 Å². The minimum atomic E-state index is 0.00366. The van der Waals surface area contributed by atoms with Crippen LogP contribution in [-0.2, 0) is 9.47 Å². The summed E-state index contributed by atoms with van der Waals surface area (Å²) in [5, 5.41) is 0. The first-order valence-electron chi connectivity index (χ1n) is 6.39. The number of fused-ring (bicyclic) bond motifs is 1. The Morgan fingerprint density at radius 3 is 3.06 bits per heavy atom. The van der Waals surface area contributed by atoms with Crippen molar-refractivity contribution in [1.82, 2.24) is 4.90 Å². The molecule has 4 heteroatoms. The predicted molar refractivity (Wildman–Crippen MR) is 63.4 cm³/mol. The number of nitrogens with zero attached hydrogens (tertiary/aromatic N) is 1. The Balaban J connectivity index is 1.77. The molecule has 2 aliphatic rings. The van der Waals surface area contributed by atoms with E-state index in [2.05, 4.69) is 4.90 Å². The molecule has 0 aromatic rings. The molecule has 3 unspecified atom stereocenters. The third-order valence-corrected chi connectivity index (χ3v) is 3.52. The van der Waals surface area contributed by atoms with Crippen molar-refractivity contribution >= 4 is 0 Å². The highest BCUT2D eigenvalue weighted by Crippen LogP contribution is 2.23. The van der Waals surface area contributed by atoms with Gasteiger partial charge < -0.3 is 15.2 Å². The molecule has 0 spiro atoms. The smallest absolute Gasteiger partial charge is 0.0875 e. The van der Waals surface area contributed by atoms with Gasteiger partial charge in [0.15, 0.2) is 0 Å². The van der Waals surface area contributed by atoms with Crippen molar-refractivity contribution < 1.29 is 9.47 Å². The van der Waals surface area contributed by atoms with Crippen molar-refractivity contribution in [2.24, 2.45) is 5.73 Å². The van der Waals surface area contributed by atoms with Gasteiger partial charge in [0, 0.05) is 12.6 Å². The summed E-state index contributed by atoms with van der Waals surface area (Å²) in [6.07, 6.45) is 2.98. The summed E-state index contributed by atoms with van der Waals surface area (Å²) in [5.74, 6) is 0. The van der Waals surface area contributed by atoms with E-state index < -0.39 is 0 Å². The molecule has 4 nitrogen and oxygen atoms in total. The number of hydrogen-bond acceptors (Lipinski definition) is 4. The SMILES string of the molecule is CC(C)OCC(N)C1CN2CCCC2CO1. The highest BCUT2D eigenvalue weighted by molar-refractivity contribution is 4.88. The monoisotopic (exact) mass is 228 g/mol. The van der Waals surface area contributed by atoms with Gasteiger partial charge in [0.25, 0.3) is 0 Å². The molecule has 3 atom stereocenters. The number of hydrogen-bond donors (Lipinski definition) is 1. The number of nitrogens with two attached hydrogens (primary N) is 1. The Kier molecular flexibility index (Phi) is 4.19. The summed E-state index contributed by atoms with van der Waals surface area (Å²) in [6.45, 7) is 7.70. The second-order valence-corrected chi connectivity index (χ2v) is 5.21. The predicted octanol–water partition coefficient (Wildman–Crippen LogP) is 0.602. The summed E-state index contributed by atoms with van der Waals surface area (Å²) in [7, 11) is 0. The van der Waals surface area contributed by atoms with Crippen LogP contribution in [0.3, 0.4) is 0 Å². The molecular formula is C12H24N2O2. The molecular weight excluding hydrogens is 204 g/mol. The summed E-state index contributed by atoms with van der Waals surface area (Å²) in [4.78, 5) is 2.52. The average Bonchev–Trinajstić information content (AvgIpc) is 2.72. The van der Waals surface area contributed by atoms with Crippen molar-refractivity contribution in [2.45, 2.75) is 51.0 Å². The lowest BCUT2D eigenvalue weighted by Gasteiger charge is -2.37. The minimum Gasteiger partial charge on any atom is -0.377 e. The lowest BCUT2D eigenvalue weighted by atomic mass is 10.1. The van der Waals surface area contributed by atoms with Gasteiger partial charge in [-0.2, -0.15) is 0 Å². The van der Waals surface area contributed by atoms with Crippen molar-refractivity contribution in [1.29, 1.82) is 0 Å². The summed E-state index contributed by atoms with van der Waals surface area (Å²) >= 11 is 0. The van der Waals surface area contributed by atoms with Crippen LogP contribution in [0.15, 0.2) is 0 Å². The van der Waals surface area contributed by atoms with E-state index >= 15 is 0 Å². The van der Waals surface area contributed by atoms with Crippen LogP contribution in [0, 0.1) is 0 Å². The molecule has 2 aliphatic heterocycles. The van der Waals surface area contributed by atoms with Gasteiger partial charge in [-0.1, -0.05) is 0 Å². The molecule has 94 valence electrons. The second kappa shape index (κ2) is 5.45. The first-order chi connectivity index (χ1) is 7.66. The largest absolute Gasteiger partial charge is 0.377 e. The van der Waals surface area contributed by atoms with Crippen LogP contribution in [0.5, 0.6) is 0 Å². The molecule has 0 saturated carbocycles. The second-order valence-electron chi connectivity index (χ2n) is 5.21. The molecule has 2 rings (SSSR count). The fraction of sp³-hybridized carbons (Fsp3) is 1.00. The van der Waals surface area contributed by atoms with Crippen LogP contribution in [0.1, 0.15) is 26.7 Å². The zero-order valence-electron chi connectivity index (χ0n) is 10.4. The molecule has 2 N–H and O–H groups in total. The Labute approximate surface area is 98.1 Å². The number of ether oxygens (including phenoxy) is 2. The van der Waals surface area contributed by atoms with E-state index in [0.717, 1.165) is 13.2 Å². The zero-order chi connectivity index (χ0) is 11.5. The van der Waals surface area contributed by atoms with Crippen LogP contribution in [0.4, 0.5) is 0 Å². The van der Waals surface area contributed by atoms with Crippen LogP contribution >= 0.6 is 0 Å². The zero-order valence-corrected chi connectivity index (χ0v) is 10.4. The van der Waals surface area contributed by atoms with E-state index in [4.69, 9.17) is 15.2 Å². The first-order valence-corrected chi connectivity index (χ1v) is 6.39. The van der Waals surface area contributed by atoms with Crippen LogP contribution in [0.2, 0.25) is 0 Å². The summed E-state index contributed by atoms with van der Waals surface area (Å²) < 4.78 is 11.4. The summed E-state index contributed by atoms with van der Waals surface area (Å²) in [5.41, 5.74) is 6.10. The number of rotatable bonds is 4. The Morgan fingerprint density at radius 1 is 1.50 bits per heavy atom. The Morgan fingerprint density at radius 2 is 2.31 bits per heavy atom. The van der Waals surface area contributed by atoms with Gasteiger partial charge in [0.05, 0.1) is 31.5 Å². The Bertz CT molecular complexity index is 223. The molecule has 0 radical (unpaired) electrons. The van der Waals surface area contributed by atoms with Crippen molar-refractivity contribution in [3.8, 4) is 0 Å². The molecule has 0 aliphatic carbocycles. The molecule has 0 amide bonds. The normalized spacial score (nSPS) is 33.0. The topological polar surface area (TPSA) is 47.7 Å². The third kappa shape index (κ3) is 2.94. The number of morpholine rings is 1. The quantitative estimate of drug-likeness (QED) is 0.765. The fourth-order valence-electron chi connectivity index (χ4n) is 2.51. The molecule has 2 heterocycles. The molecule has 0 bridgehead atoms. The highest BCUT2D eigenvalue weighted by atomic mass is 16.5. The van der Waals surface area contributed by atoms with E-state index in [-0.39, 0.29) is 18.2 Å². The van der Waals surface area contributed by atoms with E-state index in [1.165, 1.54) is 19.4 Å². The minimum absolute atomic E-state index is 0.00366. The summed E-state index contributed by atoms with van der Waals surface area (Å²) in [6, 6.07) is 0.651. The van der Waals surface area contributed by atoms with Crippen molar-refractivity contribution in [3.63, 3.8) is 0 Å². The van der Waals surface area contributed by atoms with E-state index in [1.807, 2.05) is 13.8 Å². The van der Waals surface area contributed by atoms with Crippen molar-refractivity contribution in [2.75, 3.05) is 26.3 Å². The molecule has 2 saturated heterocycles. The molecule has 16 heavy (non-hydrogen) atoms. The first kappa shape index (κ1) is 12.3. The maximum Gasteiger partial charge on any atom is 0.0875 e. The van der Waals surface area contributed by atoms with Gasteiger partial charge in [-0.15, -0.1) is 0 Å². The van der Waals surface area contributed by atoms with Crippen LogP contribution in [0.25, 0.3) is 0 Å². The van der Waals surface area contributed by atoms with E-state index in [0.29, 0.717) is 12.6 Å². The molecule has 2 fully saturated rings. The maximum atomic E-state index is 6.10. The van der Waals surface area contributed by atoms with Gasteiger partial charge in [-0.25, -0.2) is 0 Å². The lowest BCUT2D eigenvalue weighted by molar-refractivity contribution is -0.0742. The molecule has 0 aromatic carbocycles. The standard InChI is InChI=1S/C12H24N2O2/c1-9(2)15-8-11(13)12-6-14-5-3-4-10(14)7-16-12/h9-12H,3-8,13H2,1-2H3. The highest BCUT2D eigenvalue weighted by Gasteiger charge is 2.34. The molecule has 0 aromatic heterocycles. The van der Waals surface area contributed by atoms with Gasteiger partial charge in [0.2, 0.25) is 0 Å². The van der Waals surface area contributed by atoms with Crippen LogP contribution in [-0.4, -0.2) is 55.5 Å². The Hall–Kier alpha value is -0.160. The van der Waals surface area contributed by atoms with Crippen LogP contribution < -0.4 is 5.73 Å². The fourth-order valence-corrected chi connectivity index (χ4v) is 2.51. The van der Waals surface area contributed by atoms with Gasteiger partial charge in [-0.05, 0) is 33.2 Å². The van der Waals surface area contributed by atoms with E-state index in [1.54, 1.807) is 0 Å². The maximum absolute atomic E-state index is 6.10. The van der Waals surface area contributed by atoms with E-state index in [9.17, 15) is 0 Å². The third-order valence-electron chi connectivity index (χ3n) is 3.52. The van der Waals surface area contributed by atoms with Gasteiger partial charge >= 0.3 is 0 Å². The van der Waals surface area contributed by atoms with Gasteiger partial charge in [-0.3, -0.25) is 4.90 Å². The van der Waals surface area contributed by atoms with Crippen molar-refractivity contribution in [3.05, 3.63) is 0 Å². The average molecular weight is 228 g/mol.